The number of para-hydroxylation sites is 1. The van der Waals surface area contributed by atoms with Crippen LogP contribution in [0.2, 0.25) is 0 Å². The monoisotopic (exact) mass is 281 g/mol. The quantitative estimate of drug-likeness (QED) is 0.379. The maximum atomic E-state index is 11.2. The molecule has 1 amide bonds. The maximum Gasteiger partial charge on any atom is 0.325 e. The second-order valence-electron chi connectivity index (χ2n) is 4.02. The van der Waals surface area contributed by atoms with E-state index in [2.05, 4.69) is 10.6 Å². The van der Waals surface area contributed by atoms with Gasteiger partial charge in [0.25, 0.3) is 5.69 Å². The highest BCUT2D eigenvalue weighted by atomic mass is 16.6. The fourth-order valence-corrected chi connectivity index (χ4v) is 1.68. The smallest absolute Gasteiger partial charge is 0.325 e. The first-order chi connectivity index (χ1) is 9.43. The number of nitro benzene ring substituents is 1. The fraction of sp³-hybridized carbons (Fsp3) is 0.333. The Bertz CT molecular complexity index is 518. The first kappa shape index (κ1) is 15.6. The zero-order chi connectivity index (χ0) is 15.1. The molecule has 0 heterocycles. The van der Waals surface area contributed by atoms with Crippen molar-refractivity contribution in [2.45, 2.75) is 13.0 Å². The number of benzene rings is 1. The molecule has 0 aliphatic carbocycles. The molecule has 1 aromatic carbocycles. The number of nitro groups is 1. The van der Waals surface area contributed by atoms with Crippen molar-refractivity contribution >= 4 is 17.6 Å². The van der Waals surface area contributed by atoms with E-state index in [9.17, 15) is 19.7 Å². The maximum absolute atomic E-state index is 11.2. The summed E-state index contributed by atoms with van der Waals surface area (Å²) in [7, 11) is 0. The zero-order valence-corrected chi connectivity index (χ0v) is 10.8. The molecule has 1 rings (SSSR count). The van der Waals surface area contributed by atoms with E-state index in [1.54, 1.807) is 0 Å². The number of carbonyl (C=O) groups excluding carboxylic acids is 1. The Morgan fingerprint density at radius 2 is 2.00 bits per heavy atom. The number of nitrogens with one attached hydrogen (secondary N) is 2. The molecule has 0 saturated carbocycles. The lowest BCUT2D eigenvalue weighted by molar-refractivity contribution is -0.385. The van der Waals surface area contributed by atoms with E-state index in [0.29, 0.717) is 0 Å². The Hall–Kier alpha value is -2.48. The Morgan fingerprint density at radius 3 is 2.55 bits per heavy atom. The van der Waals surface area contributed by atoms with E-state index >= 15 is 0 Å². The lowest BCUT2D eigenvalue weighted by Gasteiger charge is -2.15. The van der Waals surface area contributed by atoms with E-state index in [0.717, 1.165) is 0 Å². The second-order valence-corrected chi connectivity index (χ2v) is 4.02. The van der Waals surface area contributed by atoms with Gasteiger partial charge in [-0.3, -0.25) is 25.0 Å². The van der Waals surface area contributed by atoms with Gasteiger partial charge in [-0.25, -0.2) is 0 Å². The SMILES string of the molecule is CC(=O)NCCNC(C(=O)O)c1ccccc1[N+](=O)[O-]. The van der Waals surface area contributed by atoms with Crippen LogP contribution in [0.15, 0.2) is 24.3 Å². The number of carboxylic acid groups (broad SMARTS) is 1. The first-order valence-electron chi connectivity index (χ1n) is 5.87. The van der Waals surface area contributed by atoms with E-state index in [1.165, 1.54) is 31.2 Å². The van der Waals surface area contributed by atoms with Crippen molar-refractivity contribution in [2.24, 2.45) is 0 Å². The van der Waals surface area contributed by atoms with Crippen molar-refractivity contribution in [1.29, 1.82) is 0 Å². The van der Waals surface area contributed by atoms with Crippen LogP contribution in [0.1, 0.15) is 18.5 Å². The molecule has 0 aliphatic heterocycles. The van der Waals surface area contributed by atoms with Gasteiger partial charge in [0.1, 0.15) is 6.04 Å². The minimum atomic E-state index is -1.22. The van der Waals surface area contributed by atoms with Crippen LogP contribution in [-0.4, -0.2) is 35.0 Å². The molecule has 1 unspecified atom stereocenters. The van der Waals surface area contributed by atoms with Crippen molar-refractivity contribution in [1.82, 2.24) is 10.6 Å². The Morgan fingerprint density at radius 1 is 1.35 bits per heavy atom. The van der Waals surface area contributed by atoms with Crippen molar-refractivity contribution in [3.63, 3.8) is 0 Å². The van der Waals surface area contributed by atoms with Gasteiger partial charge in [-0.1, -0.05) is 12.1 Å². The van der Waals surface area contributed by atoms with Crippen LogP contribution < -0.4 is 10.6 Å². The zero-order valence-electron chi connectivity index (χ0n) is 10.8. The molecule has 0 aliphatic rings. The Labute approximate surface area is 114 Å². The summed E-state index contributed by atoms with van der Waals surface area (Å²) in [6.07, 6.45) is 0. The van der Waals surface area contributed by atoms with Crippen molar-refractivity contribution in [2.75, 3.05) is 13.1 Å². The van der Waals surface area contributed by atoms with Gasteiger partial charge >= 0.3 is 5.97 Å². The normalized spacial score (nSPS) is 11.7. The molecule has 8 nitrogen and oxygen atoms in total. The summed E-state index contributed by atoms with van der Waals surface area (Å²) in [6.45, 7) is 1.76. The molecular weight excluding hydrogens is 266 g/mol. The van der Waals surface area contributed by atoms with Gasteiger partial charge in [0.15, 0.2) is 0 Å². The summed E-state index contributed by atoms with van der Waals surface area (Å²) < 4.78 is 0. The highest BCUT2D eigenvalue weighted by Crippen LogP contribution is 2.24. The Balaban J connectivity index is 2.84. The van der Waals surface area contributed by atoms with Gasteiger partial charge in [-0.15, -0.1) is 0 Å². The summed E-state index contributed by atoms with van der Waals surface area (Å²) >= 11 is 0. The minimum absolute atomic E-state index is 0.0767. The van der Waals surface area contributed by atoms with Crippen molar-refractivity contribution in [3.8, 4) is 0 Å². The lowest BCUT2D eigenvalue weighted by atomic mass is 10.0. The number of nitrogens with zero attached hydrogens (tertiary/aromatic N) is 1. The standard InChI is InChI=1S/C12H15N3O5/c1-8(16)13-6-7-14-11(12(17)18)9-4-2-3-5-10(9)15(19)20/h2-5,11,14H,6-7H2,1H3,(H,13,16)(H,17,18). The fourth-order valence-electron chi connectivity index (χ4n) is 1.68. The molecule has 0 bridgehead atoms. The summed E-state index contributed by atoms with van der Waals surface area (Å²) in [5.41, 5.74) is -0.181. The van der Waals surface area contributed by atoms with Crippen LogP contribution in [-0.2, 0) is 9.59 Å². The van der Waals surface area contributed by atoms with Crippen LogP contribution in [0.5, 0.6) is 0 Å². The number of rotatable bonds is 7. The third-order valence-electron chi connectivity index (χ3n) is 2.54. The van der Waals surface area contributed by atoms with Gasteiger partial charge in [0, 0.05) is 26.1 Å². The molecule has 20 heavy (non-hydrogen) atoms. The molecule has 108 valence electrons. The summed E-state index contributed by atoms with van der Waals surface area (Å²) in [5, 5.41) is 25.2. The van der Waals surface area contributed by atoms with Gasteiger partial charge < -0.3 is 10.4 Å². The number of carboxylic acids is 1. The molecule has 0 spiro atoms. The van der Waals surface area contributed by atoms with Gasteiger partial charge in [0.2, 0.25) is 5.91 Å². The second kappa shape index (κ2) is 7.19. The third kappa shape index (κ3) is 4.32. The van der Waals surface area contributed by atoms with Crippen LogP contribution in [0.3, 0.4) is 0 Å². The van der Waals surface area contributed by atoms with Gasteiger partial charge in [0.05, 0.1) is 10.5 Å². The summed E-state index contributed by atoms with van der Waals surface area (Å²) in [5.74, 6) is -1.45. The first-order valence-corrected chi connectivity index (χ1v) is 5.87. The van der Waals surface area contributed by atoms with Crippen molar-refractivity contribution in [3.05, 3.63) is 39.9 Å². The van der Waals surface area contributed by atoms with Crippen LogP contribution >= 0.6 is 0 Å². The average molecular weight is 281 g/mol. The predicted octanol–water partition coefficient (Wildman–Crippen LogP) is 0.446. The molecule has 0 radical (unpaired) electrons. The number of aliphatic carboxylic acids is 1. The van der Waals surface area contributed by atoms with Gasteiger partial charge in [-0.2, -0.15) is 0 Å². The van der Waals surface area contributed by atoms with E-state index in [1.807, 2.05) is 0 Å². The van der Waals surface area contributed by atoms with E-state index in [-0.39, 0.29) is 30.2 Å². The summed E-state index contributed by atoms with van der Waals surface area (Å²) in [6, 6.07) is 4.44. The highest BCUT2D eigenvalue weighted by molar-refractivity contribution is 5.77. The number of hydrogen-bond acceptors (Lipinski definition) is 5. The third-order valence-corrected chi connectivity index (χ3v) is 2.54. The topological polar surface area (TPSA) is 122 Å². The van der Waals surface area contributed by atoms with Crippen LogP contribution in [0.25, 0.3) is 0 Å². The van der Waals surface area contributed by atoms with Crippen LogP contribution in [0, 0.1) is 10.1 Å². The predicted molar refractivity (Wildman–Crippen MR) is 70.2 cm³/mol. The number of hydrogen-bond donors (Lipinski definition) is 3. The molecule has 3 N–H and O–H groups in total. The van der Waals surface area contributed by atoms with E-state index in [4.69, 9.17) is 5.11 Å². The average Bonchev–Trinajstić information content (AvgIpc) is 2.38. The molecule has 1 aromatic rings. The molecule has 0 fully saturated rings. The van der Waals surface area contributed by atoms with Crippen molar-refractivity contribution < 1.29 is 19.6 Å². The Kier molecular flexibility index (Phi) is 5.60. The van der Waals surface area contributed by atoms with E-state index < -0.39 is 16.9 Å². The highest BCUT2D eigenvalue weighted by Gasteiger charge is 2.26. The molecule has 0 aromatic heterocycles. The largest absolute Gasteiger partial charge is 0.480 e. The minimum Gasteiger partial charge on any atom is -0.480 e. The summed E-state index contributed by atoms with van der Waals surface area (Å²) in [4.78, 5) is 32.2. The van der Waals surface area contributed by atoms with Crippen LogP contribution in [0.4, 0.5) is 5.69 Å². The lowest BCUT2D eigenvalue weighted by Crippen LogP contribution is -2.35. The number of carbonyl (C=O) groups is 2. The molecule has 1 atom stereocenters. The molecular formula is C12H15N3O5. The molecule has 0 saturated heterocycles. The number of amides is 1. The van der Waals surface area contributed by atoms with Gasteiger partial charge in [-0.05, 0) is 6.07 Å². The molecule has 8 heteroatoms.